The SMILES string of the molecule is O=C(O)CSc1nc2cccnc2n1-c1ccccc1Br. The van der Waals surface area contributed by atoms with Gasteiger partial charge in [0.15, 0.2) is 10.8 Å². The van der Waals surface area contributed by atoms with Crippen LogP contribution >= 0.6 is 27.7 Å². The van der Waals surface area contributed by atoms with E-state index < -0.39 is 5.97 Å². The predicted octanol–water partition coefficient (Wildman–Crippen LogP) is 3.36. The Balaban J connectivity index is 2.20. The highest BCUT2D eigenvalue weighted by atomic mass is 79.9. The summed E-state index contributed by atoms with van der Waals surface area (Å²) in [4.78, 5) is 19.7. The molecule has 0 amide bonds. The number of aliphatic carboxylic acids is 1. The van der Waals surface area contributed by atoms with Crippen LogP contribution in [0.3, 0.4) is 0 Å². The van der Waals surface area contributed by atoms with Crippen molar-refractivity contribution in [3.8, 4) is 5.69 Å². The molecular formula is C14H10BrN3O2S. The van der Waals surface area contributed by atoms with Crippen LogP contribution in [0.1, 0.15) is 0 Å². The molecule has 0 bridgehead atoms. The highest BCUT2D eigenvalue weighted by Gasteiger charge is 2.16. The number of imidazole rings is 1. The summed E-state index contributed by atoms with van der Waals surface area (Å²) in [6.45, 7) is 0. The lowest BCUT2D eigenvalue weighted by Gasteiger charge is -2.09. The normalized spacial score (nSPS) is 10.9. The lowest BCUT2D eigenvalue weighted by molar-refractivity contribution is -0.133. The molecule has 5 nitrogen and oxygen atoms in total. The summed E-state index contributed by atoms with van der Waals surface area (Å²) in [6, 6.07) is 11.4. The quantitative estimate of drug-likeness (QED) is 0.719. The molecule has 0 fully saturated rings. The second-order valence-corrected chi connectivity index (χ2v) is 6.01. The first-order valence-electron chi connectivity index (χ1n) is 6.10. The van der Waals surface area contributed by atoms with E-state index in [1.165, 1.54) is 11.8 Å². The smallest absolute Gasteiger partial charge is 0.313 e. The molecule has 1 aromatic carbocycles. The van der Waals surface area contributed by atoms with Gasteiger partial charge in [-0.15, -0.1) is 0 Å². The number of thioether (sulfide) groups is 1. The Morgan fingerprint density at radius 1 is 1.29 bits per heavy atom. The van der Waals surface area contributed by atoms with Gasteiger partial charge in [0.25, 0.3) is 0 Å². The summed E-state index contributed by atoms with van der Waals surface area (Å²) in [7, 11) is 0. The average Bonchev–Trinajstić information content (AvgIpc) is 2.84. The largest absolute Gasteiger partial charge is 0.481 e. The van der Waals surface area contributed by atoms with Crippen LogP contribution in [-0.2, 0) is 4.79 Å². The number of rotatable bonds is 4. The Morgan fingerprint density at radius 2 is 2.10 bits per heavy atom. The van der Waals surface area contributed by atoms with Gasteiger partial charge in [0.1, 0.15) is 5.52 Å². The Bertz CT molecular complexity index is 819. The third-order valence-electron chi connectivity index (χ3n) is 2.80. The number of benzene rings is 1. The van der Waals surface area contributed by atoms with Crippen LogP contribution in [0.25, 0.3) is 16.9 Å². The molecule has 2 heterocycles. The minimum atomic E-state index is -0.876. The maximum atomic E-state index is 10.8. The summed E-state index contributed by atoms with van der Waals surface area (Å²) in [5.41, 5.74) is 2.32. The fourth-order valence-electron chi connectivity index (χ4n) is 1.96. The Hall–Kier alpha value is -1.86. The van der Waals surface area contributed by atoms with Crippen molar-refractivity contribution >= 4 is 44.8 Å². The molecule has 3 rings (SSSR count). The molecule has 0 radical (unpaired) electrons. The van der Waals surface area contributed by atoms with Gasteiger partial charge in [-0.25, -0.2) is 9.97 Å². The molecule has 2 aromatic heterocycles. The standard InChI is InChI=1S/C14H10BrN3O2S/c15-9-4-1-2-6-11(9)18-13-10(5-3-7-16-13)17-14(18)21-8-12(19)20/h1-7H,8H2,(H,19,20). The van der Waals surface area contributed by atoms with Gasteiger partial charge in [0.2, 0.25) is 0 Å². The van der Waals surface area contributed by atoms with Gasteiger partial charge >= 0.3 is 5.97 Å². The molecule has 0 unspecified atom stereocenters. The van der Waals surface area contributed by atoms with Crippen LogP contribution in [0.4, 0.5) is 0 Å². The van der Waals surface area contributed by atoms with Gasteiger partial charge in [-0.05, 0) is 40.2 Å². The van der Waals surface area contributed by atoms with Crippen molar-refractivity contribution in [1.29, 1.82) is 0 Å². The molecule has 0 aliphatic carbocycles. The minimum absolute atomic E-state index is 0.0478. The van der Waals surface area contributed by atoms with Crippen LogP contribution in [0.2, 0.25) is 0 Å². The van der Waals surface area contributed by atoms with E-state index in [-0.39, 0.29) is 5.75 Å². The number of hydrogen-bond acceptors (Lipinski definition) is 4. The third-order valence-corrected chi connectivity index (χ3v) is 4.40. The molecule has 21 heavy (non-hydrogen) atoms. The summed E-state index contributed by atoms with van der Waals surface area (Å²) in [6.07, 6.45) is 1.70. The summed E-state index contributed by atoms with van der Waals surface area (Å²) in [5, 5.41) is 9.49. The van der Waals surface area contributed by atoms with Crippen molar-refractivity contribution < 1.29 is 9.90 Å². The highest BCUT2D eigenvalue weighted by Crippen LogP contribution is 2.30. The van der Waals surface area contributed by atoms with E-state index >= 15 is 0 Å². The zero-order valence-corrected chi connectivity index (χ0v) is 13.1. The first kappa shape index (κ1) is 14.1. The van der Waals surface area contributed by atoms with Crippen LogP contribution in [0, 0.1) is 0 Å². The number of aromatic nitrogens is 3. The first-order valence-corrected chi connectivity index (χ1v) is 7.87. The van der Waals surface area contributed by atoms with Crippen LogP contribution in [0.15, 0.2) is 52.2 Å². The van der Waals surface area contributed by atoms with E-state index in [9.17, 15) is 4.79 Å². The molecule has 106 valence electrons. The maximum Gasteiger partial charge on any atom is 0.313 e. The summed E-state index contributed by atoms with van der Waals surface area (Å²) >= 11 is 4.69. The Morgan fingerprint density at radius 3 is 2.86 bits per heavy atom. The summed E-state index contributed by atoms with van der Waals surface area (Å²) in [5.74, 6) is -0.924. The molecule has 0 saturated heterocycles. The van der Waals surface area contributed by atoms with Gasteiger partial charge < -0.3 is 5.11 Å². The van der Waals surface area contributed by atoms with Crippen molar-refractivity contribution in [3.63, 3.8) is 0 Å². The van der Waals surface area contributed by atoms with Crippen LogP contribution in [-0.4, -0.2) is 31.4 Å². The van der Waals surface area contributed by atoms with E-state index in [1.54, 1.807) is 6.20 Å². The maximum absolute atomic E-state index is 10.8. The number of para-hydroxylation sites is 1. The van der Waals surface area contributed by atoms with Crippen LogP contribution in [0.5, 0.6) is 0 Å². The number of nitrogens with zero attached hydrogens (tertiary/aromatic N) is 3. The number of fused-ring (bicyclic) bond motifs is 1. The predicted molar refractivity (Wildman–Crippen MR) is 84.9 cm³/mol. The van der Waals surface area contributed by atoms with Gasteiger partial charge in [-0.3, -0.25) is 9.36 Å². The lowest BCUT2D eigenvalue weighted by Crippen LogP contribution is -2.02. The van der Waals surface area contributed by atoms with Gasteiger partial charge in [0, 0.05) is 10.7 Å². The van der Waals surface area contributed by atoms with E-state index in [1.807, 2.05) is 41.0 Å². The second-order valence-electron chi connectivity index (χ2n) is 4.21. The number of carboxylic acids is 1. The van der Waals surface area contributed by atoms with Gasteiger partial charge in [-0.2, -0.15) is 0 Å². The van der Waals surface area contributed by atoms with E-state index in [4.69, 9.17) is 5.11 Å². The lowest BCUT2D eigenvalue weighted by atomic mass is 10.3. The number of carboxylic acid groups (broad SMARTS) is 1. The third kappa shape index (κ3) is 2.79. The number of hydrogen-bond donors (Lipinski definition) is 1. The fourth-order valence-corrected chi connectivity index (χ4v) is 3.16. The molecule has 3 aromatic rings. The molecule has 0 aliphatic rings. The van der Waals surface area contributed by atoms with Gasteiger partial charge in [0.05, 0.1) is 11.4 Å². The molecule has 0 aliphatic heterocycles. The van der Waals surface area contributed by atoms with Crippen molar-refractivity contribution in [2.45, 2.75) is 5.16 Å². The molecule has 0 saturated carbocycles. The second kappa shape index (κ2) is 5.87. The average molecular weight is 364 g/mol. The number of pyridine rings is 1. The molecule has 7 heteroatoms. The Kier molecular flexibility index (Phi) is 3.94. The zero-order valence-electron chi connectivity index (χ0n) is 10.7. The van der Waals surface area contributed by atoms with Crippen molar-refractivity contribution in [1.82, 2.24) is 14.5 Å². The monoisotopic (exact) mass is 363 g/mol. The molecule has 1 N–H and O–H groups in total. The fraction of sp³-hybridized carbons (Fsp3) is 0.0714. The minimum Gasteiger partial charge on any atom is -0.481 e. The van der Waals surface area contributed by atoms with Crippen molar-refractivity contribution in [3.05, 3.63) is 47.1 Å². The molecule has 0 spiro atoms. The molecular weight excluding hydrogens is 354 g/mol. The highest BCUT2D eigenvalue weighted by molar-refractivity contribution is 9.10. The van der Waals surface area contributed by atoms with Crippen LogP contribution < -0.4 is 0 Å². The number of carbonyl (C=O) groups is 1. The van der Waals surface area contributed by atoms with Gasteiger partial charge in [-0.1, -0.05) is 23.9 Å². The molecule has 0 atom stereocenters. The van der Waals surface area contributed by atoms with E-state index in [0.29, 0.717) is 10.8 Å². The Labute approximate surface area is 133 Å². The van der Waals surface area contributed by atoms with Crippen molar-refractivity contribution in [2.24, 2.45) is 0 Å². The first-order chi connectivity index (χ1) is 10.2. The van der Waals surface area contributed by atoms with E-state index in [2.05, 4.69) is 25.9 Å². The summed E-state index contributed by atoms with van der Waals surface area (Å²) < 4.78 is 2.76. The number of halogens is 1. The van der Waals surface area contributed by atoms with Crippen molar-refractivity contribution in [2.75, 3.05) is 5.75 Å². The zero-order chi connectivity index (χ0) is 14.8. The van der Waals surface area contributed by atoms with E-state index in [0.717, 1.165) is 15.7 Å². The topological polar surface area (TPSA) is 68.0 Å².